The summed E-state index contributed by atoms with van der Waals surface area (Å²) < 4.78 is 5.09. The van der Waals surface area contributed by atoms with Crippen LogP contribution in [0.4, 0.5) is 5.69 Å². The van der Waals surface area contributed by atoms with E-state index in [-0.39, 0.29) is 12.5 Å². The molecule has 2 aromatic carbocycles. The van der Waals surface area contributed by atoms with E-state index in [4.69, 9.17) is 4.74 Å². The van der Waals surface area contributed by atoms with Crippen molar-refractivity contribution >= 4 is 28.5 Å². The lowest BCUT2D eigenvalue weighted by Gasteiger charge is -2.09. The molecule has 0 bridgehead atoms. The quantitative estimate of drug-likeness (QED) is 0.572. The summed E-state index contributed by atoms with van der Waals surface area (Å²) in [5, 5.41) is 6.85. The minimum Gasteiger partial charge on any atom is -0.452 e. The fourth-order valence-corrected chi connectivity index (χ4v) is 2.81. The molecule has 0 aliphatic heterocycles. The molecular weight excluding hydrogens is 330 g/mol. The number of rotatable bonds is 7. The number of aromatic amines is 1. The van der Waals surface area contributed by atoms with Crippen molar-refractivity contribution in [3.8, 4) is 0 Å². The van der Waals surface area contributed by atoms with Gasteiger partial charge in [0.2, 0.25) is 0 Å². The molecule has 3 rings (SSSR count). The van der Waals surface area contributed by atoms with Gasteiger partial charge in [-0.15, -0.1) is 0 Å². The van der Waals surface area contributed by atoms with E-state index in [1.807, 2.05) is 36.5 Å². The summed E-state index contributed by atoms with van der Waals surface area (Å²) in [6, 6.07) is 15.0. The minimum absolute atomic E-state index is 0.301. The van der Waals surface area contributed by atoms with Crippen molar-refractivity contribution in [2.45, 2.75) is 6.42 Å². The molecule has 0 atom stereocenters. The maximum Gasteiger partial charge on any atom is 0.340 e. The minimum atomic E-state index is -0.526. The first-order valence-electron chi connectivity index (χ1n) is 8.44. The van der Waals surface area contributed by atoms with Gasteiger partial charge in [0.15, 0.2) is 6.61 Å². The molecule has 0 aliphatic carbocycles. The van der Waals surface area contributed by atoms with Crippen LogP contribution in [0.25, 0.3) is 10.9 Å². The van der Waals surface area contributed by atoms with Crippen LogP contribution in [0, 0.1) is 0 Å². The summed E-state index contributed by atoms with van der Waals surface area (Å²) >= 11 is 0. The number of benzene rings is 2. The van der Waals surface area contributed by atoms with Gasteiger partial charge in [0.1, 0.15) is 0 Å². The topological polar surface area (TPSA) is 83.2 Å². The molecule has 0 saturated heterocycles. The number of esters is 1. The lowest BCUT2D eigenvalue weighted by Crippen LogP contribution is -2.30. The van der Waals surface area contributed by atoms with E-state index in [2.05, 4.69) is 15.6 Å². The van der Waals surface area contributed by atoms with Gasteiger partial charge < -0.3 is 20.4 Å². The SMILES string of the molecule is CNc1ccccc1C(=O)OCC(=O)NCCc1c[nH]c2ccccc12. The summed E-state index contributed by atoms with van der Waals surface area (Å²) in [6.07, 6.45) is 2.65. The Balaban J connectivity index is 1.46. The third-order valence-electron chi connectivity index (χ3n) is 4.14. The van der Waals surface area contributed by atoms with Crippen molar-refractivity contribution < 1.29 is 14.3 Å². The van der Waals surface area contributed by atoms with Gasteiger partial charge in [-0.3, -0.25) is 4.79 Å². The molecule has 0 unspecified atom stereocenters. The van der Waals surface area contributed by atoms with Crippen LogP contribution < -0.4 is 10.6 Å². The predicted octanol–water partition coefficient (Wildman–Crippen LogP) is 2.73. The Morgan fingerprint density at radius 2 is 1.85 bits per heavy atom. The smallest absolute Gasteiger partial charge is 0.340 e. The van der Waals surface area contributed by atoms with Crippen LogP contribution in [0.5, 0.6) is 0 Å². The lowest BCUT2D eigenvalue weighted by molar-refractivity contribution is -0.124. The average molecular weight is 351 g/mol. The van der Waals surface area contributed by atoms with Gasteiger partial charge in [-0.1, -0.05) is 30.3 Å². The number of anilines is 1. The lowest BCUT2D eigenvalue weighted by atomic mass is 10.1. The fourth-order valence-electron chi connectivity index (χ4n) is 2.81. The molecule has 0 radical (unpaired) electrons. The Bertz CT molecular complexity index is 917. The van der Waals surface area contributed by atoms with Crippen molar-refractivity contribution in [1.29, 1.82) is 0 Å². The first-order valence-corrected chi connectivity index (χ1v) is 8.44. The van der Waals surface area contributed by atoms with Crippen molar-refractivity contribution in [2.24, 2.45) is 0 Å². The number of aromatic nitrogens is 1. The number of para-hydroxylation sites is 2. The monoisotopic (exact) mass is 351 g/mol. The van der Waals surface area contributed by atoms with Gasteiger partial charge in [0, 0.05) is 36.4 Å². The van der Waals surface area contributed by atoms with Gasteiger partial charge in [0.25, 0.3) is 5.91 Å². The zero-order valence-electron chi connectivity index (χ0n) is 14.5. The van der Waals surface area contributed by atoms with Crippen LogP contribution in [0.3, 0.4) is 0 Å². The van der Waals surface area contributed by atoms with E-state index in [9.17, 15) is 9.59 Å². The highest BCUT2D eigenvalue weighted by Gasteiger charge is 2.13. The van der Waals surface area contributed by atoms with Gasteiger partial charge in [-0.05, 0) is 30.2 Å². The third kappa shape index (κ3) is 4.03. The highest BCUT2D eigenvalue weighted by Crippen LogP contribution is 2.17. The number of ether oxygens (including phenoxy) is 1. The van der Waals surface area contributed by atoms with Crippen LogP contribution in [-0.4, -0.2) is 37.1 Å². The van der Waals surface area contributed by atoms with Gasteiger partial charge >= 0.3 is 5.97 Å². The number of carbonyl (C=O) groups excluding carboxylic acids is 2. The molecule has 0 aliphatic rings. The summed E-state index contributed by atoms with van der Waals surface area (Å²) in [5.74, 6) is -0.846. The molecule has 0 fully saturated rings. The summed E-state index contributed by atoms with van der Waals surface area (Å²) in [4.78, 5) is 27.2. The standard InChI is InChI=1S/C20H21N3O3/c1-21-17-8-4-3-7-16(17)20(25)26-13-19(24)22-11-10-14-12-23-18-9-5-2-6-15(14)18/h2-9,12,21,23H,10-11,13H2,1H3,(H,22,24). The van der Waals surface area contributed by atoms with Crippen molar-refractivity contribution in [3.63, 3.8) is 0 Å². The second-order valence-electron chi connectivity index (χ2n) is 5.83. The molecule has 1 heterocycles. The number of amides is 1. The molecule has 1 aromatic heterocycles. The molecule has 1 amide bonds. The maximum atomic E-state index is 12.1. The number of carbonyl (C=O) groups is 2. The zero-order chi connectivity index (χ0) is 18.4. The Kier molecular flexibility index (Phi) is 5.53. The molecule has 0 spiro atoms. The molecule has 134 valence electrons. The first-order chi connectivity index (χ1) is 12.7. The van der Waals surface area contributed by atoms with Crippen LogP contribution >= 0.6 is 0 Å². The number of H-pyrrole nitrogens is 1. The van der Waals surface area contributed by atoms with E-state index in [0.717, 1.165) is 16.5 Å². The summed E-state index contributed by atoms with van der Waals surface area (Å²) in [7, 11) is 1.73. The fraction of sp³-hybridized carbons (Fsp3) is 0.200. The van der Waals surface area contributed by atoms with Gasteiger partial charge in [0.05, 0.1) is 5.56 Å². The van der Waals surface area contributed by atoms with Crippen LogP contribution in [0.1, 0.15) is 15.9 Å². The third-order valence-corrected chi connectivity index (χ3v) is 4.14. The van der Waals surface area contributed by atoms with Crippen LogP contribution in [0.15, 0.2) is 54.7 Å². The van der Waals surface area contributed by atoms with E-state index in [1.165, 1.54) is 0 Å². The van der Waals surface area contributed by atoms with E-state index in [0.29, 0.717) is 24.2 Å². The molecule has 26 heavy (non-hydrogen) atoms. The normalized spacial score (nSPS) is 10.5. The van der Waals surface area contributed by atoms with Gasteiger partial charge in [-0.25, -0.2) is 4.79 Å². The average Bonchev–Trinajstić information content (AvgIpc) is 3.09. The molecule has 3 aromatic rings. The Morgan fingerprint density at radius 3 is 2.69 bits per heavy atom. The Morgan fingerprint density at radius 1 is 1.08 bits per heavy atom. The van der Waals surface area contributed by atoms with E-state index < -0.39 is 5.97 Å². The van der Waals surface area contributed by atoms with Crippen LogP contribution in [-0.2, 0) is 16.0 Å². The molecule has 0 saturated carbocycles. The predicted molar refractivity (Wildman–Crippen MR) is 101 cm³/mol. The summed E-state index contributed by atoms with van der Waals surface area (Å²) in [5.41, 5.74) is 3.28. The van der Waals surface area contributed by atoms with Gasteiger partial charge in [-0.2, -0.15) is 0 Å². The molecule has 6 heteroatoms. The number of fused-ring (bicyclic) bond motifs is 1. The Labute approximate surface area is 151 Å². The van der Waals surface area contributed by atoms with E-state index >= 15 is 0 Å². The zero-order valence-corrected chi connectivity index (χ0v) is 14.5. The number of nitrogens with one attached hydrogen (secondary N) is 3. The Hall–Kier alpha value is -3.28. The number of hydrogen-bond acceptors (Lipinski definition) is 4. The second kappa shape index (κ2) is 8.20. The highest BCUT2D eigenvalue weighted by molar-refractivity contribution is 5.96. The molecular formula is C20H21N3O3. The first kappa shape index (κ1) is 17.5. The highest BCUT2D eigenvalue weighted by atomic mass is 16.5. The van der Waals surface area contributed by atoms with Crippen molar-refractivity contribution in [1.82, 2.24) is 10.3 Å². The van der Waals surface area contributed by atoms with E-state index in [1.54, 1.807) is 25.2 Å². The maximum absolute atomic E-state index is 12.1. The summed E-state index contributed by atoms with van der Waals surface area (Å²) in [6.45, 7) is 0.177. The largest absolute Gasteiger partial charge is 0.452 e. The second-order valence-corrected chi connectivity index (χ2v) is 5.83. The van der Waals surface area contributed by atoms with Crippen molar-refractivity contribution in [3.05, 3.63) is 65.9 Å². The number of hydrogen-bond donors (Lipinski definition) is 3. The van der Waals surface area contributed by atoms with Crippen molar-refractivity contribution in [2.75, 3.05) is 25.5 Å². The molecule has 3 N–H and O–H groups in total. The van der Waals surface area contributed by atoms with Crippen LogP contribution in [0.2, 0.25) is 0 Å². The molecule has 6 nitrogen and oxygen atoms in total.